The van der Waals surface area contributed by atoms with Crippen LogP contribution in [0.4, 0.5) is 5.69 Å². The van der Waals surface area contributed by atoms with Crippen molar-refractivity contribution in [2.45, 2.75) is 44.8 Å². The molecular weight excluding hydrogens is 252 g/mol. The highest BCUT2D eigenvalue weighted by molar-refractivity contribution is 5.47. The van der Waals surface area contributed by atoms with Gasteiger partial charge in [-0.2, -0.15) is 4.98 Å². The smallest absolute Gasteiger partial charge is 0.240 e. The van der Waals surface area contributed by atoms with Crippen LogP contribution in [0.15, 0.2) is 34.9 Å². The Kier molecular flexibility index (Phi) is 3.97. The summed E-state index contributed by atoms with van der Waals surface area (Å²) in [5, 5.41) is 4.02. The Morgan fingerprint density at radius 1 is 1.20 bits per heavy atom. The number of nitrogens with zero attached hydrogens (tertiary/aromatic N) is 3. The van der Waals surface area contributed by atoms with E-state index in [0.717, 1.165) is 0 Å². The van der Waals surface area contributed by atoms with Gasteiger partial charge in [0, 0.05) is 11.7 Å². The van der Waals surface area contributed by atoms with Crippen LogP contribution in [0.1, 0.15) is 37.4 Å². The van der Waals surface area contributed by atoms with Gasteiger partial charge in [0.15, 0.2) is 5.82 Å². The first-order valence-corrected chi connectivity index (χ1v) is 7.20. The normalized spacial score (nSPS) is 15.7. The van der Waals surface area contributed by atoms with Gasteiger partial charge in [-0.3, -0.25) is 0 Å². The summed E-state index contributed by atoms with van der Waals surface area (Å²) in [7, 11) is 0. The summed E-state index contributed by atoms with van der Waals surface area (Å²) in [6, 6.07) is 11.0. The van der Waals surface area contributed by atoms with Gasteiger partial charge >= 0.3 is 0 Å². The third kappa shape index (κ3) is 2.82. The molecule has 1 aromatic carbocycles. The van der Waals surface area contributed by atoms with Crippen molar-refractivity contribution < 1.29 is 4.52 Å². The minimum Gasteiger partial charge on any atom is -0.361 e. The van der Waals surface area contributed by atoms with Crippen LogP contribution in [-0.4, -0.2) is 16.2 Å². The second-order valence-corrected chi connectivity index (χ2v) is 5.21. The number of hydrogen-bond donors (Lipinski definition) is 1. The monoisotopic (exact) mass is 272 g/mol. The number of anilines is 1. The molecule has 0 atom stereocenters. The molecule has 0 saturated heterocycles. The predicted octanol–water partition coefficient (Wildman–Crippen LogP) is 2.48. The summed E-state index contributed by atoms with van der Waals surface area (Å²) >= 11 is 0. The molecule has 106 valence electrons. The third-order valence-corrected chi connectivity index (χ3v) is 3.85. The average Bonchev–Trinajstić information content (AvgIpc) is 3.17. The molecule has 0 bridgehead atoms. The van der Waals surface area contributed by atoms with Crippen LogP contribution in [-0.2, 0) is 13.1 Å². The molecule has 1 heterocycles. The molecule has 5 nitrogen and oxygen atoms in total. The first-order chi connectivity index (χ1) is 9.86. The molecule has 2 N–H and O–H groups in total. The molecule has 1 aliphatic rings. The minimum atomic E-state index is 0.293. The van der Waals surface area contributed by atoms with Gasteiger partial charge in [-0.05, 0) is 25.0 Å². The van der Waals surface area contributed by atoms with E-state index in [1.54, 1.807) is 0 Å². The summed E-state index contributed by atoms with van der Waals surface area (Å²) in [4.78, 5) is 6.71. The Hall–Kier alpha value is -1.88. The highest BCUT2D eigenvalue weighted by Crippen LogP contribution is 2.29. The van der Waals surface area contributed by atoms with E-state index < -0.39 is 0 Å². The molecule has 3 rings (SSSR count). The van der Waals surface area contributed by atoms with E-state index in [1.807, 2.05) is 6.07 Å². The van der Waals surface area contributed by atoms with Gasteiger partial charge in [-0.15, -0.1) is 0 Å². The van der Waals surface area contributed by atoms with E-state index in [2.05, 4.69) is 39.3 Å². The quantitative estimate of drug-likeness (QED) is 0.905. The molecule has 0 unspecified atom stereocenters. The molecule has 5 heteroatoms. The van der Waals surface area contributed by atoms with Gasteiger partial charge in [0.2, 0.25) is 5.89 Å². The molecule has 0 spiro atoms. The van der Waals surface area contributed by atoms with Crippen LogP contribution in [0, 0.1) is 0 Å². The topological polar surface area (TPSA) is 68.2 Å². The first-order valence-electron chi connectivity index (χ1n) is 7.20. The third-order valence-electron chi connectivity index (χ3n) is 3.85. The van der Waals surface area contributed by atoms with Crippen molar-refractivity contribution in [3.05, 3.63) is 42.0 Å². The standard InChI is InChI=1S/C15H20N4O/c16-10-15-17-14(18-20-15)11-19(13-8-4-5-9-13)12-6-2-1-3-7-12/h1-3,6-7,13H,4-5,8-11,16H2. The van der Waals surface area contributed by atoms with E-state index >= 15 is 0 Å². The lowest BCUT2D eigenvalue weighted by molar-refractivity contribution is 0.373. The molecule has 1 aliphatic carbocycles. The Bertz CT molecular complexity index is 534. The summed E-state index contributed by atoms with van der Waals surface area (Å²) in [5.41, 5.74) is 6.74. The van der Waals surface area contributed by atoms with Crippen LogP contribution in [0.3, 0.4) is 0 Å². The van der Waals surface area contributed by atoms with Crippen LogP contribution in [0.25, 0.3) is 0 Å². The van der Waals surface area contributed by atoms with Crippen molar-refractivity contribution in [2.75, 3.05) is 4.90 Å². The van der Waals surface area contributed by atoms with Crippen LogP contribution in [0.5, 0.6) is 0 Å². The van der Waals surface area contributed by atoms with E-state index in [0.29, 0.717) is 30.8 Å². The zero-order chi connectivity index (χ0) is 13.8. The minimum absolute atomic E-state index is 0.293. The molecule has 2 aromatic rings. The molecule has 1 fully saturated rings. The fourth-order valence-electron chi connectivity index (χ4n) is 2.86. The predicted molar refractivity (Wildman–Crippen MR) is 77.1 cm³/mol. The van der Waals surface area contributed by atoms with Crippen molar-refractivity contribution in [1.82, 2.24) is 10.1 Å². The maximum atomic E-state index is 5.52. The Morgan fingerprint density at radius 2 is 1.95 bits per heavy atom. The zero-order valence-corrected chi connectivity index (χ0v) is 11.5. The summed E-state index contributed by atoms with van der Waals surface area (Å²) in [5.74, 6) is 1.21. The lowest BCUT2D eigenvalue weighted by atomic mass is 10.1. The Labute approximate surface area is 118 Å². The van der Waals surface area contributed by atoms with E-state index in [1.165, 1.54) is 31.4 Å². The molecule has 0 amide bonds. The van der Waals surface area contributed by atoms with Crippen molar-refractivity contribution in [3.8, 4) is 0 Å². The summed E-state index contributed by atoms with van der Waals surface area (Å²) in [6.45, 7) is 0.972. The van der Waals surface area contributed by atoms with Gasteiger partial charge in [-0.25, -0.2) is 0 Å². The second kappa shape index (κ2) is 6.05. The van der Waals surface area contributed by atoms with E-state index in [9.17, 15) is 0 Å². The Morgan fingerprint density at radius 3 is 2.60 bits per heavy atom. The van der Waals surface area contributed by atoms with Crippen molar-refractivity contribution in [2.24, 2.45) is 5.73 Å². The zero-order valence-electron chi connectivity index (χ0n) is 11.5. The van der Waals surface area contributed by atoms with Gasteiger partial charge in [0.1, 0.15) is 0 Å². The maximum Gasteiger partial charge on any atom is 0.240 e. The number of nitrogens with two attached hydrogens (primary N) is 1. The highest BCUT2D eigenvalue weighted by atomic mass is 16.5. The largest absolute Gasteiger partial charge is 0.361 e. The number of hydrogen-bond acceptors (Lipinski definition) is 5. The number of benzene rings is 1. The van der Waals surface area contributed by atoms with Crippen molar-refractivity contribution in [3.63, 3.8) is 0 Å². The van der Waals surface area contributed by atoms with Crippen molar-refractivity contribution in [1.29, 1.82) is 0 Å². The molecule has 1 aromatic heterocycles. The number of aromatic nitrogens is 2. The fraction of sp³-hybridized carbons (Fsp3) is 0.467. The Balaban J connectivity index is 1.81. The lowest BCUT2D eigenvalue weighted by Crippen LogP contribution is -2.33. The SMILES string of the molecule is NCc1nc(CN(c2ccccc2)C2CCCC2)no1. The molecular formula is C15H20N4O. The summed E-state index contributed by atoms with van der Waals surface area (Å²) in [6.07, 6.45) is 5.07. The van der Waals surface area contributed by atoms with Gasteiger partial charge < -0.3 is 15.2 Å². The van der Waals surface area contributed by atoms with E-state index in [-0.39, 0.29) is 0 Å². The molecule has 0 aliphatic heterocycles. The van der Waals surface area contributed by atoms with Gasteiger partial charge in [0.25, 0.3) is 0 Å². The maximum absolute atomic E-state index is 5.52. The van der Waals surface area contributed by atoms with Crippen LogP contribution >= 0.6 is 0 Å². The molecule has 0 radical (unpaired) electrons. The molecule has 1 saturated carbocycles. The highest BCUT2D eigenvalue weighted by Gasteiger charge is 2.24. The number of rotatable bonds is 5. The fourth-order valence-corrected chi connectivity index (χ4v) is 2.86. The van der Waals surface area contributed by atoms with E-state index in [4.69, 9.17) is 10.3 Å². The molecule has 20 heavy (non-hydrogen) atoms. The van der Waals surface area contributed by atoms with Gasteiger partial charge in [-0.1, -0.05) is 36.2 Å². The average molecular weight is 272 g/mol. The van der Waals surface area contributed by atoms with Crippen LogP contribution < -0.4 is 10.6 Å². The van der Waals surface area contributed by atoms with Gasteiger partial charge in [0.05, 0.1) is 13.1 Å². The summed E-state index contributed by atoms with van der Waals surface area (Å²) < 4.78 is 5.10. The second-order valence-electron chi connectivity index (χ2n) is 5.21. The number of para-hydroxylation sites is 1. The van der Waals surface area contributed by atoms with Crippen LogP contribution in [0.2, 0.25) is 0 Å². The van der Waals surface area contributed by atoms with Crippen molar-refractivity contribution >= 4 is 5.69 Å². The lowest BCUT2D eigenvalue weighted by Gasteiger charge is -2.30. The first kappa shape index (κ1) is 13.1.